The van der Waals surface area contributed by atoms with Crippen LogP contribution in [0.2, 0.25) is 0 Å². The normalized spacial score (nSPS) is 20.4. The zero-order valence-electron chi connectivity index (χ0n) is 18.0. The zero-order chi connectivity index (χ0) is 22.6. The fourth-order valence-corrected chi connectivity index (χ4v) is 4.05. The van der Waals surface area contributed by atoms with E-state index in [4.69, 9.17) is 14.6 Å². The fraction of sp³-hybridized carbons (Fsp3) is 0.591. The fourth-order valence-electron chi connectivity index (χ4n) is 4.05. The van der Waals surface area contributed by atoms with E-state index in [2.05, 4.69) is 34.5 Å². The highest BCUT2D eigenvalue weighted by Crippen LogP contribution is 2.22. The van der Waals surface area contributed by atoms with Crippen LogP contribution in [0.4, 0.5) is 0 Å². The molecule has 2 heterocycles. The molecule has 172 valence electrons. The number of carboxylic acid groups (broad SMARTS) is 1. The number of hydrogen-bond donors (Lipinski definition) is 3. The number of β-amino-alcohol motifs (C(OH)–C–C–N with tert-alkyl or cyclic N) is 1. The van der Waals surface area contributed by atoms with Crippen molar-refractivity contribution in [2.75, 3.05) is 33.4 Å². The third-order valence-corrected chi connectivity index (χ3v) is 5.45. The summed E-state index contributed by atoms with van der Waals surface area (Å²) in [5.41, 5.74) is 2.75. The molecule has 0 unspecified atom stereocenters. The maximum atomic E-state index is 12.3. The minimum Gasteiger partial charge on any atom is -0.483 e. The highest BCUT2D eigenvalue weighted by molar-refractivity contribution is 5.78. The number of methoxy groups -OCH3 is 1. The topological polar surface area (TPSA) is 119 Å². The lowest BCUT2D eigenvalue weighted by Gasteiger charge is -2.36. The molecule has 2 atom stereocenters. The molecule has 3 rings (SSSR count). The second-order valence-electron chi connectivity index (χ2n) is 7.88. The SMILES string of the molecule is COCCC(=O)N1C[C@H](O)C[C@H](NC(=O)CCCN2Cc3ccccc3C2)C1.O=CO. The molecule has 1 aromatic rings. The molecule has 0 saturated carbocycles. The van der Waals surface area contributed by atoms with Crippen LogP contribution in [0, 0.1) is 0 Å². The van der Waals surface area contributed by atoms with Crippen LogP contribution in [-0.2, 0) is 32.2 Å². The van der Waals surface area contributed by atoms with Gasteiger partial charge in [0.15, 0.2) is 0 Å². The summed E-state index contributed by atoms with van der Waals surface area (Å²) in [4.78, 5) is 36.8. The van der Waals surface area contributed by atoms with Gasteiger partial charge in [-0.2, -0.15) is 0 Å². The van der Waals surface area contributed by atoms with Crippen LogP contribution in [-0.4, -0.2) is 83.8 Å². The van der Waals surface area contributed by atoms with Crippen molar-refractivity contribution < 1.29 is 29.3 Å². The van der Waals surface area contributed by atoms with Crippen LogP contribution in [0.15, 0.2) is 24.3 Å². The lowest BCUT2D eigenvalue weighted by Crippen LogP contribution is -2.54. The number of nitrogens with one attached hydrogen (secondary N) is 1. The van der Waals surface area contributed by atoms with Crippen LogP contribution in [0.3, 0.4) is 0 Å². The first kappa shape index (κ1) is 24.8. The highest BCUT2D eigenvalue weighted by atomic mass is 16.5. The lowest BCUT2D eigenvalue weighted by molar-refractivity contribution is -0.137. The highest BCUT2D eigenvalue weighted by Gasteiger charge is 2.29. The number of likely N-dealkylation sites (tertiary alicyclic amines) is 1. The summed E-state index contributed by atoms with van der Waals surface area (Å²) in [5.74, 6) is -0.0615. The summed E-state index contributed by atoms with van der Waals surface area (Å²) in [6, 6.07) is 8.26. The Morgan fingerprint density at radius 2 is 1.84 bits per heavy atom. The van der Waals surface area contributed by atoms with E-state index in [1.54, 1.807) is 12.0 Å². The van der Waals surface area contributed by atoms with Crippen molar-refractivity contribution in [3.63, 3.8) is 0 Å². The molecule has 9 nitrogen and oxygen atoms in total. The Morgan fingerprint density at radius 1 is 1.19 bits per heavy atom. The van der Waals surface area contributed by atoms with Crippen LogP contribution >= 0.6 is 0 Å². The van der Waals surface area contributed by atoms with Crippen molar-refractivity contribution in [3.8, 4) is 0 Å². The summed E-state index contributed by atoms with van der Waals surface area (Å²) >= 11 is 0. The first-order valence-electron chi connectivity index (χ1n) is 10.6. The second kappa shape index (κ2) is 13.0. The Hall–Kier alpha value is -2.49. The molecule has 0 spiro atoms. The summed E-state index contributed by atoms with van der Waals surface area (Å²) in [7, 11) is 1.56. The number of fused-ring (bicyclic) bond motifs is 1. The number of benzene rings is 1. The summed E-state index contributed by atoms with van der Waals surface area (Å²) in [6.07, 6.45) is 1.43. The number of carbonyl (C=O) groups excluding carboxylic acids is 2. The number of piperidine rings is 1. The Labute approximate surface area is 183 Å². The van der Waals surface area contributed by atoms with Crippen LogP contribution in [0.5, 0.6) is 0 Å². The van der Waals surface area contributed by atoms with Crippen molar-refractivity contribution in [1.29, 1.82) is 0 Å². The molecule has 0 aromatic heterocycles. The Balaban J connectivity index is 0.00000107. The third kappa shape index (κ3) is 8.28. The molecule has 2 aliphatic heterocycles. The maximum Gasteiger partial charge on any atom is 0.290 e. The molecule has 1 fully saturated rings. The number of hydrogen-bond acceptors (Lipinski definition) is 6. The van der Waals surface area contributed by atoms with Crippen molar-refractivity contribution in [1.82, 2.24) is 15.1 Å². The number of nitrogens with zero attached hydrogens (tertiary/aromatic N) is 2. The molecular formula is C22H33N3O6. The van der Waals surface area contributed by atoms with E-state index in [0.717, 1.165) is 26.1 Å². The van der Waals surface area contributed by atoms with E-state index in [9.17, 15) is 14.7 Å². The number of amides is 2. The van der Waals surface area contributed by atoms with E-state index in [-0.39, 0.29) is 24.3 Å². The number of aliphatic hydroxyl groups is 1. The van der Waals surface area contributed by atoms with Gasteiger partial charge >= 0.3 is 0 Å². The molecule has 31 heavy (non-hydrogen) atoms. The third-order valence-electron chi connectivity index (χ3n) is 5.45. The van der Waals surface area contributed by atoms with Gasteiger partial charge in [0.25, 0.3) is 6.47 Å². The average molecular weight is 436 g/mol. The minimum atomic E-state index is -0.603. The van der Waals surface area contributed by atoms with Gasteiger partial charge in [-0.1, -0.05) is 24.3 Å². The minimum absolute atomic E-state index is 0.0138. The van der Waals surface area contributed by atoms with Crippen LogP contribution in [0.25, 0.3) is 0 Å². The Kier molecular flexibility index (Phi) is 10.4. The van der Waals surface area contributed by atoms with E-state index >= 15 is 0 Å². The predicted molar refractivity (Wildman–Crippen MR) is 114 cm³/mol. The van der Waals surface area contributed by atoms with Gasteiger partial charge in [0, 0.05) is 45.8 Å². The van der Waals surface area contributed by atoms with Crippen LogP contribution < -0.4 is 5.32 Å². The van der Waals surface area contributed by atoms with Gasteiger partial charge in [0.2, 0.25) is 11.8 Å². The first-order chi connectivity index (χ1) is 15.0. The second-order valence-corrected chi connectivity index (χ2v) is 7.88. The van der Waals surface area contributed by atoms with Gasteiger partial charge in [0.05, 0.1) is 19.1 Å². The maximum absolute atomic E-state index is 12.3. The molecule has 0 aliphatic carbocycles. The van der Waals surface area contributed by atoms with Crippen molar-refractivity contribution in [2.24, 2.45) is 0 Å². The van der Waals surface area contributed by atoms with Gasteiger partial charge in [-0.05, 0) is 30.5 Å². The molecule has 9 heteroatoms. The van der Waals surface area contributed by atoms with Gasteiger partial charge < -0.3 is 25.2 Å². The number of carbonyl (C=O) groups is 3. The van der Waals surface area contributed by atoms with Crippen molar-refractivity contribution in [2.45, 2.75) is 50.9 Å². The Morgan fingerprint density at radius 3 is 2.45 bits per heavy atom. The van der Waals surface area contributed by atoms with Crippen molar-refractivity contribution >= 4 is 18.3 Å². The van der Waals surface area contributed by atoms with Gasteiger partial charge in [0.1, 0.15) is 0 Å². The van der Waals surface area contributed by atoms with Gasteiger partial charge in [-0.15, -0.1) is 0 Å². The number of rotatable bonds is 8. The summed E-state index contributed by atoms with van der Waals surface area (Å²) < 4.78 is 4.94. The number of aliphatic hydroxyl groups excluding tert-OH is 1. The molecular weight excluding hydrogens is 402 g/mol. The Bertz CT molecular complexity index is 704. The van der Waals surface area contributed by atoms with Crippen molar-refractivity contribution in [3.05, 3.63) is 35.4 Å². The first-order valence-corrected chi connectivity index (χ1v) is 10.6. The summed E-state index contributed by atoms with van der Waals surface area (Å²) in [6.45, 7) is 3.67. The standard InChI is InChI=1S/C21H31N3O4.CH2O2/c1-28-10-8-21(27)24-14-18(11-19(25)15-24)22-20(26)7-4-9-23-12-16-5-2-3-6-17(16)13-23;2-1-3/h2-3,5-6,18-19,25H,4,7-15H2,1H3,(H,22,26);1H,(H,2,3)/t18-,19+;/m0./s1. The molecule has 3 N–H and O–H groups in total. The monoisotopic (exact) mass is 435 g/mol. The average Bonchev–Trinajstić information content (AvgIpc) is 3.15. The molecule has 2 aliphatic rings. The van der Waals surface area contributed by atoms with E-state index in [1.807, 2.05) is 0 Å². The van der Waals surface area contributed by atoms with E-state index in [1.165, 1.54) is 11.1 Å². The van der Waals surface area contributed by atoms with E-state index in [0.29, 0.717) is 39.0 Å². The number of ether oxygens (including phenoxy) is 1. The van der Waals surface area contributed by atoms with Gasteiger partial charge in [-0.3, -0.25) is 19.3 Å². The molecule has 1 aromatic carbocycles. The van der Waals surface area contributed by atoms with Crippen LogP contribution in [0.1, 0.15) is 36.8 Å². The van der Waals surface area contributed by atoms with Gasteiger partial charge in [-0.25, -0.2) is 0 Å². The molecule has 0 radical (unpaired) electrons. The summed E-state index contributed by atoms with van der Waals surface area (Å²) in [5, 5.41) is 19.9. The molecule has 1 saturated heterocycles. The lowest BCUT2D eigenvalue weighted by atomic mass is 10.0. The predicted octanol–water partition coefficient (Wildman–Crippen LogP) is 0.598. The largest absolute Gasteiger partial charge is 0.483 e. The molecule has 2 amide bonds. The zero-order valence-corrected chi connectivity index (χ0v) is 18.0. The molecule has 0 bridgehead atoms. The quantitative estimate of drug-likeness (QED) is 0.512. The smallest absolute Gasteiger partial charge is 0.290 e. The van der Waals surface area contributed by atoms with E-state index < -0.39 is 6.10 Å².